The first-order valence-corrected chi connectivity index (χ1v) is 11.4. The van der Waals surface area contributed by atoms with E-state index in [-0.39, 0.29) is 19.7 Å². The van der Waals surface area contributed by atoms with E-state index in [4.69, 9.17) is 16.3 Å². The first-order chi connectivity index (χ1) is 15.6. The molecule has 9 heteroatoms. The highest BCUT2D eigenvalue weighted by atomic mass is 35.5. The number of carbonyl (C=O) groups is 2. The van der Waals surface area contributed by atoms with Crippen LogP contribution in [0.25, 0.3) is 0 Å². The van der Waals surface area contributed by atoms with Gasteiger partial charge in [0.2, 0.25) is 0 Å². The molecule has 2 aromatic carbocycles. The average molecular weight is 469 g/mol. The molecular formula is C23H21ClN4O3S. The zero-order chi connectivity index (χ0) is 22.5. The van der Waals surface area contributed by atoms with Crippen molar-refractivity contribution in [2.75, 3.05) is 23.0 Å². The summed E-state index contributed by atoms with van der Waals surface area (Å²) in [7, 11) is 0. The van der Waals surface area contributed by atoms with Crippen LogP contribution < -0.4 is 9.80 Å². The van der Waals surface area contributed by atoms with E-state index in [0.717, 1.165) is 11.1 Å². The summed E-state index contributed by atoms with van der Waals surface area (Å²) in [6.45, 7) is 1.95. The molecule has 2 amide bonds. The first-order valence-electron chi connectivity index (χ1n) is 10.1. The Morgan fingerprint density at radius 1 is 1.16 bits per heavy atom. The molecule has 7 nitrogen and oxygen atoms in total. The lowest BCUT2D eigenvalue weighted by Gasteiger charge is -2.35. The Bertz CT molecular complexity index is 1130. The van der Waals surface area contributed by atoms with Gasteiger partial charge in [-0.1, -0.05) is 65.8 Å². The Balaban J connectivity index is 1.65. The van der Waals surface area contributed by atoms with E-state index in [1.54, 1.807) is 37.4 Å². The maximum atomic E-state index is 13.4. The second-order valence-electron chi connectivity index (χ2n) is 6.99. The highest BCUT2D eigenvalue weighted by molar-refractivity contribution is 7.98. The summed E-state index contributed by atoms with van der Waals surface area (Å²) in [5, 5.41) is 0.969. The van der Waals surface area contributed by atoms with Gasteiger partial charge in [-0.15, -0.1) is 0 Å². The molecular weight excluding hydrogens is 448 g/mol. The number of urea groups is 1. The van der Waals surface area contributed by atoms with Crippen LogP contribution in [0.3, 0.4) is 0 Å². The van der Waals surface area contributed by atoms with Crippen LogP contribution in [0.15, 0.2) is 66.0 Å². The van der Waals surface area contributed by atoms with Gasteiger partial charge in [0.15, 0.2) is 5.16 Å². The maximum Gasteiger partial charge on any atom is 0.331 e. The largest absolute Gasteiger partial charge is 0.465 e. The van der Waals surface area contributed by atoms with E-state index in [1.165, 1.54) is 21.6 Å². The standard InChI is InChI=1S/C23H21ClN4O3S/c1-2-31-20(29)14-28-21-17(13-27(23(28)30)19-11-7-6-10-18(19)24)12-25-22(26-21)32-15-16-8-4-3-5-9-16/h3-12H,2,13-15H2,1H3. The molecule has 164 valence electrons. The summed E-state index contributed by atoms with van der Waals surface area (Å²) >= 11 is 7.81. The molecule has 0 spiro atoms. The molecule has 0 atom stereocenters. The number of nitrogens with zero attached hydrogens (tertiary/aromatic N) is 4. The molecule has 0 saturated carbocycles. The highest BCUT2D eigenvalue weighted by Gasteiger charge is 2.35. The van der Waals surface area contributed by atoms with Crippen molar-refractivity contribution in [3.8, 4) is 0 Å². The number of hydrogen-bond acceptors (Lipinski definition) is 6. The normalized spacial score (nSPS) is 13.1. The number of esters is 1. The van der Waals surface area contributed by atoms with Crippen LogP contribution in [-0.2, 0) is 21.8 Å². The first kappa shape index (κ1) is 22.1. The average Bonchev–Trinajstić information content (AvgIpc) is 2.81. The van der Waals surface area contributed by atoms with Crippen molar-refractivity contribution in [2.45, 2.75) is 24.4 Å². The third kappa shape index (κ3) is 4.87. The van der Waals surface area contributed by atoms with Gasteiger partial charge in [-0.3, -0.25) is 14.6 Å². The van der Waals surface area contributed by atoms with Crippen LogP contribution in [-0.4, -0.2) is 35.1 Å². The smallest absolute Gasteiger partial charge is 0.331 e. The molecule has 0 unspecified atom stereocenters. The van der Waals surface area contributed by atoms with Crippen LogP contribution in [0, 0.1) is 0 Å². The number of aromatic nitrogens is 2. The second kappa shape index (κ2) is 10.0. The topological polar surface area (TPSA) is 75.6 Å². The Morgan fingerprint density at radius 3 is 2.66 bits per heavy atom. The number of thioether (sulfide) groups is 1. The molecule has 2 heterocycles. The summed E-state index contributed by atoms with van der Waals surface area (Å²) in [6.07, 6.45) is 1.70. The molecule has 0 aliphatic carbocycles. The monoisotopic (exact) mass is 468 g/mol. The quantitative estimate of drug-likeness (QED) is 0.278. The second-order valence-corrected chi connectivity index (χ2v) is 8.34. The minimum atomic E-state index is -0.509. The predicted molar refractivity (Wildman–Crippen MR) is 125 cm³/mol. The summed E-state index contributed by atoms with van der Waals surface area (Å²) in [5.74, 6) is 0.596. The molecule has 1 aliphatic rings. The maximum absolute atomic E-state index is 13.4. The van der Waals surface area contributed by atoms with Crippen LogP contribution >= 0.6 is 23.4 Å². The van der Waals surface area contributed by atoms with Gasteiger partial charge in [-0.25, -0.2) is 14.8 Å². The number of para-hydroxylation sites is 1. The van der Waals surface area contributed by atoms with Gasteiger partial charge in [0.1, 0.15) is 12.4 Å². The number of benzene rings is 2. The van der Waals surface area contributed by atoms with Crippen LogP contribution in [0.4, 0.5) is 16.3 Å². The number of amides is 2. The summed E-state index contributed by atoms with van der Waals surface area (Å²) in [5.41, 5.74) is 2.42. The molecule has 4 rings (SSSR count). The van der Waals surface area contributed by atoms with Gasteiger partial charge < -0.3 is 4.74 Å². The lowest BCUT2D eigenvalue weighted by atomic mass is 10.2. The van der Waals surface area contributed by atoms with E-state index < -0.39 is 12.0 Å². The molecule has 1 aromatic heterocycles. The van der Waals surface area contributed by atoms with Gasteiger partial charge >= 0.3 is 12.0 Å². The number of anilines is 2. The van der Waals surface area contributed by atoms with Crippen molar-refractivity contribution >= 4 is 46.9 Å². The third-order valence-corrected chi connectivity index (χ3v) is 6.06. The van der Waals surface area contributed by atoms with Crippen LogP contribution in [0.2, 0.25) is 5.02 Å². The lowest BCUT2D eigenvalue weighted by Crippen LogP contribution is -2.50. The highest BCUT2D eigenvalue weighted by Crippen LogP contribution is 2.34. The van der Waals surface area contributed by atoms with Gasteiger partial charge in [0, 0.05) is 17.5 Å². The molecule has 1 aliphatic heterocycles. The zero-order valence-corrected chi connectivity index (χ0v) is 19.0. The molecule has 3 aromatic rings. The van der Waals surface area contributed by atoms with E-state index in [2.05, 4.69) is 9.97 Å². The van der Waals surface area contributed by atoms with Crippen LogP contribution in [0.5, 0.6) is 0 Å². The van der Waals surface area contributed by atoms with E-state index >= 15 is 0 Å². The number of carbonyl (C=O) groups excluding carboxylic acids is 2. The van der Waals surface area contributed by atoms with E-state index in [9.17, 15) is 9.59 Å². The number of fused-ring (bicyclic) bond motifs is 1. The molecule has 0 saturated heterocycles. The Labute approximate surface area is 195 Å². The molecule has 32 heavy (non-hydrogen) atoms. The van der Waals surface area contributed by atoms with Crippen molar-refractivity contribution in [2.24, 2.45) is 0 Å². The Morgan fingerprint density at radius 2 is 1.91 bits per heavy atom. The Hall–Kier alpha value is -3.10. The summed E-state index contributed by atoms with van der Waals surface area (Å²) in [4.78, 5) is 37.6. The van der Waals surface area contributed by atoms with E-state index in [1.807, 2.05) is 30.3 Å². The summed E-state index contributed by atoms with van der Waals surface area (Å²) in [6, 6.07) is 16.7. The van der Waals surface area contributed by atoms with Crippen molar-refractivity contribution in [1.29, 1.82) is 0 Å². The van der Waals surface area contributed by atoms with Crippen molar-refractivity contribution < 1.29 is 14.3 Å². The SMILES string of the molecule is CCOC(=O)CN1C(=O)N(c2ccccc2Cl)Cc2cnc(SCc3ccccc3)nc21. The predicted octanol–water partition coefficient (Wildman–Crippen LogP) is 4.93. The fourth-order valence-electron chi connectivity index (χ4n) is 3.33. The molecule has 0 radical (unpaired) electrons. The minimum absolute atomic E-state index is 0.226. The third-order valence-electron chi connectivity index (χ3n) is 4.81. The minimum Gasteiger partial charge on any atom is -0.465 e. The van der Waals surface area contributed by atoms with Gasteiger partial charge in [-0.05, 0) is 24.6 Å². The van der Waals surface area contributed by atoms with Crippen molar-refractivity contribution in [3.63, 3.8) is 0 Å². The number of halogens is 1. The lowest BCUT2D eigenvalue weighted by molar-refractivity contribution is -0.141. The van der Waals surface area contributed by atoms with Gasteiger partial charge in [0.05, 0.1) is 23.9 Å². The van der Waals surface area contributed by atoms with Crippen LogP contribution in [0.1, 0.15) is 18.1 Å². The fourth-order valence-corrected chi connectivity index (χ4v) is 4.33. The fraction of sp³-hybridized carbons (Fsp3) is 0.217. The number of ether oxygens (including phenoxy) is 1. The summed E-state index contributed by atoms with van der Waals surface area (Å²) < 4.78 is 5.08. The van der Waals surface area contributed by atoms with Crippen molar-refractivity contribution in [3.05, 3.63) is 76.9 Å². The van der Waals surface area contributed by atoms with Crippen molar-refractivity contribution in [1.82, 2.24) is 9.97 Å². The molecule has 0 N–H and O–H groups in total. The Kier molecular flexibility index (Phi) is 6.92. The van der Waals surface area contributed by atoms with Gasteiger partial charge in [-0.2, -0.15) is 0 Å². The number of rotatable bonds is 7. The zero-order valence-electron chi connectivity index (χ0n) is 17.4. The number of hydrogen-bond donors (Lipinski definition) is 0. The van der Waals surface area contributed by atoms with E-state index in [0.29, 0.717) is 27.4 Å². The van der Waals surface area contributed by atoms with Gasteiger partial charge in [0.25, 0.3) is 0 Å². The molecule has 0 fully saturated rings. The molecule has 0 bridgehead atoms.